The van der Waals surface area contributed by atoms with Gasteiger partial charge in [-0.2, -0.15) is 0 Å². The van der Waals surface area contributed by atoms with Crippen LogP contribution < -0.4 is 16.2 Å². The third-order valence-electron chi connectivity index (χ3n) is 2.61. The smallest absolute Gasteiger partial charge is 0.257 e. The lowest BCUT2D eigenvalue weighted by atomic mass is 10.2. The number of hydrogen-bond donors (Lipinski definition) is 3. The van der Waals surface area contributed by atoms with Gasteiger partial charge in [-0.3, -0.25) is 9.59 Å². The van der Waals surface area contributed by atoms with E-state index in [9.17, 15) is 9.59 Å². The van der Waals surface area contributed by atoms with Crippen LogP contribution >= 0.6 is 0 Å². The van der Waals surface area contributed by atoms with Crippen molar-refractivity contribution in [3.8, 4) is 0 Å². The van der Waals surface area contributed by atoms with Gasteiger partial charge in [-0.15, -0.1) is 0 Å². The highest BCUT2D eigenvalue weighted by atomic mass is 16.1. The number of H-pyrrole nitrogens is 1. The molecule has 19 heavy (non-hydrogen) atoms. The van der Waals surface area contributed by atoms with Gasteiger partial charge in [-0.05, 0) is 30.8 Å². The number of nitrogens with one attached hydrogen (secondary N) is 3. The van der Waals surface area contributed by atoms with E-state index >= 15 is 0 Å². The van der Waals surface area contributed by atoms with Gasteiger partial charge in [0.15, 0.2) is 0 Å². The average molecular weight is 257 g/mol. The van der Waals surface area contributed by atoms with Crippen molar-refractivity contribution >= 4 is 11.6 Å². The van der Waals surface area contributed by atoms with Crippen LogP contribution in [0.5, 0.6) is 0 Å². The first kappa shape index (κ1) is 13.0. The first-order valence-electron chi connectivity index (χ1n) is 5.92. The zero-order chi connectivity index (χ0) is 13.7. The Morgan fingerprint density at radius 3 is 2.79 bits per heavy atom. The highest BCUT2D eigenvalue weighted by Crippen LogP contribution is 2.11. The van der Waals surface area contributed by atoms with Crippen molar-refractivity contribution in [3.63, 3.8) is 0 Å². The second-order valence-electron chi connectivity index (χ2n) is 4.13. The molecule has 2 aromatic rings. The number of carbonyl (C=O) groups excluding carboxylic acids is 1. The molecule has 0 radical (unpaired) electrons. The van der Waals surface area contributed by atoms with E-state index in [1.165, 1.54) is 18.3 Å². The standard InChI is InChI=1S/C14H15N3O2/c1-15-8-10-3-2-4-12(7-10)17-14(19)11-5-6-13(18)16-9-11/h2-7,9,15H,8H2,1H3,(H,16,18)(H,17,19). The van der Waals surface area contributed by atoms with Gasteiger partial charge >= 0.3 is 0 Å². The number of carbonyl (C=O) groups is 1. The van der Waals surface area contributed by atoms with E-state index in [2.05, 4.69) is 15.6 Å². The Hall–Kier alpha value is -2.40. The molecular formula is C14H15N3O2. The van der Waals surface area contributed by atoms with Gasteiger partial charge < -0.3 is 15.6 Å². The van der Waals surface area contributed by atoms with E-state index in [1.807, 2.05) is 31.3 Å². The summed E-state index contributed by atoms with van der Waals surface area (Å²) in [5.74, 6) is -0.252. The SMILES string of the molecule is CNCc1cccc(NC(=O)c2ccc(=O)[nH]c2)c1. The van der Waals surface area contributed by atoms with Crippen LogP contribution in [-0.4, -0.2) is 17.9 Å². The lowest BCUT2D eigenvalue weighted by molar-refractivity contribution is 0.102. The molecule has 3 N–H and O–H groups in total. The first-order chi connectivity index (χ1) is 9.19. The molecule has 0 aliphatic heterocycles. The van der Waals surface area contributed by atoms with Crippen LogP contribution in [0, 0.1) is 0 Å². The molecule has 2 rings (SSSR count). The third kappa shape index (κ3) is 3.53. The molecule has 0 aliphatic rings. The molecule has 1 heterocycles. The summed E-state index contributed by atoms with van der Waals surface area (Å²) in [5, 5.41) is 5.84. The second-order valence-corrected chi connectivity index (χ2v) is 4.13. The van der Waals surface area contributed by atoms with Gasteiger partial charge in [0.2, 0.25) is 5.56 Å². The van der Waals surface area contributed by atoms with Crippen LogP contribution in [0.4, 0.5) is 5.69 Å². The maximum Gasteiger partial charge on any atom is 0.257 e. The molecule has 5 heteroatoms. The second kappa shape index (κ2) is 5.97. The Morgan fingerprint density at radius 1 is 1.26 bits per heavy atom. The van der Waals surface area contributed by atoms with Gasteiger partial charge in [-0.1, -0.05) is 12.1 Å². The number of amides is 1. The van der Waals surface area contributed by atoms with Crippen LogP contribution in [0.2, 0.25) is 0 Å². The van der Waals surface area contributed by atoms with E-state index in [0.717, 1.165) is 17.8 Å². The fraction of sp³-hybridized carbons (Fsp3) is 0.143. The van der Waals surface area contributed by atoms with E-state index in [4.69, 9.17) is 0 Å². The number of pyridine rings is 1. The maximum absolute atomic E-state index is 11.9. The van der Waals surface area contributed by atoms with Crippen molar-refractivity contribution in [1.29, 1.82) is 0 Å². The molecule has 1 aromatic carbocycles. The quantitative estimate of drug-likeness (QED) is 0.774. The van der Waals surface area contributed by atoms with E-state index in [0.29, 0.717) is 5.56 Å². The van der Waals surface area contributed by atoms with Gasteiger partial charge in [0.05, 0.1) is 5.56 Å². The normalized spacial score (nSPS) is 10.2. The van der Waals surface area contributed by atoms with Crippen LogP contribution in [0.3, 0.4) is 0 Å². The van der Waals surface area contributed by atoms with Gasteiger partial charge in [0.1, 0.15) is 0 Å². The molecule has 0 aliphatic carbocycles. The van der Waals surface area contributed by atoms with Crippen molar-refractivity contribution < 1.29 is 4.79 Å². The summed E-state index contributed by atoms with van der Waals surface area (Å²) in [6.07, 6.45) is 1.40. The summed E-state index contributed by atoms with van der Waals surface area (Å²) in [5.41, 5.74) is 2.00. The number of hydrogen-bond acceptors (Lipinski definition) is 3. The van der Waals surface area contributed by atoms with E-state index < -0.39 is 0 Å². The Bertz CT molecular complexity index is 614. The van der Waals surface area contributed by atoms with Crippen LogP contribution in [-0.2, 0) is 6.54 Å². The average Bonchev–Trinajstić information content (AvgIpc) is 2.40. The van der Waals surface area contributed by atoms with Crippen molar-refractivity contribution in [2.45, 2.75) is 6.54 Å². The summed E-state index contributed by atoms with van der Waals surface area (Å²) in [6.45, 7) is 0.738. The summed E-state index contributed by atoms with van der Waals surface area (Å²) < 4.78 is 0. The first-order valence-corrected chi connectivity index (χ1v) is 5.92. The zero-order valence-electron chi connectivity index (χ0n) is 10.6. The Labute approximate surface area is 110 Å². The molecule has 0 unspecified atom stereocenters. The summed E-state index contributed by atoms with van der Waals surface area (Å²) in [6, 6.07) is 10.4. The number of aromatic amines is 1. The fourth-order valence-corrected chi connectivity index (χ4v) is 1.72. The number of anilines is 1. The Morgan fingerprint density at radius 2 is 2.11 bits per heavy atom. The lowest BCUT2D eigenvalue weighted by Crippen LogP contribution is -2.15. The monoisotopic (exact) mass is 257 g/mol. The van der Waals surface area contributed by atoms with Crippen molar-refractivity contribution in [3.05, 3.63) is 64.1 Å². The van der Waals surface area contributed by atoms with Crippen molar-refractivity contribution in [2.24, 2.45) is 0 Å². The molecule has 0 saturated heterocycles. The molecule has 0 saturated carbocycles. The predicted molar refractivity (Wildman–Crippen MR) is 74.2 cm³/mol. The van der Waals surface area contributed by atoms with Gasteiger partial charge in [-0.25, -0.2) is 0 Å². The molecule has 0 spiro atoms. The third-order valence-corrected chi connectivity index (χ3v) is 2.61. The summed E-state index contributed by atoms with van der Waals surface area (Å²) in [7, 11) is 1.87. The molecule has 0 bridgehead atoms. The van der Waals surface area contributed by atoms with Gasteiger partial charge in [0.25, 0.3) is 5.91 Å². The molecule has 5 nitrogen and oxygen atoms in total. The Balaban J connectivity index is 2.12. The number of aromatic nitrogens is 1. The maximum atomic E-state index is 11.9. The number of benzene rings is 1. The van der Waals surface area contributed by atoms with Crippen LogP contribution in [0.1, 0.15) is 15.9 Å². The molecule has 0 fully saturated rings. The minimum atomic E-state index is -0.252. The summed E-state index contributed by atoms with van der Waals surface area (Å²) in [4.78, 5) is 25.3. The zero-order valence-corrected chi connectivity index (χ0v) is 10.6. The summed E-state index contributed by atoms with van der Waals surface area (Å²) >= 11 is 0. The van der Waals surface area contributed by atoms with Crippen molar-refractivity contribution in [2.75, 3.05) is 12.4 Å². The molecule has 1 aromatic heterocycles. The number of rotatable bonds is 4. The minimum absolute atomic E-state index is 0.229. The Kier molecular flexibility index (Phi) is 4.10. The fourth-order valence-electron chi connectivity index (χ4n) is 1.72. The van der Waals surface area contributed by atoms with Crippen LogP contribution in [0.25, 0.3) is 0 Å². The molecule has 1 amide bonds. The predicted octanol–water partition coefficient (Wildman–Crippen LogP) is 1.35. The van der Waals surface area contributed by atoms with Crippen molar-refractivity contribution in [1.82, 2.24) is 10.3 Å². The van der Waals surface area contributed by atoms with Crippen LogP contribution in [0.15, 0.2) is 47.4 Å². The van der Waals surface area contributed by atoms with Gasteiger partial charge in [0, 0.05) is 24.5 Å². The topological polar surface area (TPSA) is 74.0 Å². The highest BCUT2D eigenvalue weighted by Gasteiger charge is 2.06. The molecule has 98 valence electrons. The van der Waals surface area contributed by atoms with E-state index in [-0.39, 0.29) is 11.5 Å². The molecular weight excluding hydrogens is 242 g/mol. The largest absolute Gasteiger partial charge is 0.328 e. The molecule has 0 atom stereocenters. The lowest BCUT2D eigenvalue weighted by Gasteiger charge is -2.07. The minimum Gasteiger partial charge on any atom is -0.328 e. The highest BCUT2D eigenvalue weighted by molar-refractivity contribution is 6.04. The van der Waals surface area contributed by atoms with E-state index in [1.54, 1.807) is 0 Å².